The van der Waals surface area contributed by atoms with Crippen molar-refractivity contribution < 1.29 is 9.59 Å². The molecule has 2 aliphatic heterocycles. The molecule has 6 heteroatoms. The molecule has 3 atom stereocenters. The van der Waals surface area contributed by atoms with Gasteiger partial charge in [0.2, 0.25) is 5.91 Å². The number of nitrogens with zero attached hydrogens (tertiary/aromatic N) is 4. The molecule has 2 aliphatic rings. The molecule has 3 heterocycles. The van der Waals surface area contributed by atoms with E-state index in [1.807, 2.05) is 15.5 Å². The fourth-order valence-corrected chi connectivity index (χ4v) is 4.44. The van der Waals surface area contributed by atoms with Gasteiger partial charge in [-0.05, 0) is 44.6 Å². The zero-order valence-corrected chi connectivity index (χ0v) is 17.7. The average Bonchev–Trinajstić information content (AvgIpc) is 3.09. The van der Waals surface area contributed by atoms with Crippen LogP contribution in [0.15, 0.2) is 18.3 Å². The first-order valence-electron chi connectivity index (χ1n) is 10.6. The van der Waals surface area contributed by atoms with E-state index in [2.05, 4.69) is 30.7 Å². The fraction of sp³-hybridized carbons (Fsp3) is 0.682. The summed E-state index contributed by atoms with van der Waals surface area (Å²) < 4.78 is 1.93. The number of carbonyl (C=O) groups excluding carboxylic acids is 2. The van der Waals surface area contributed by atoms with Crippen LogP contribution in [-0.4, -0.2) is 56.7 Å². The number of imidazole rings is 1. The van der Waals surface area contributed by atoms with Gasteiger partial charge in [-0.1, -0.05) is 19.9 Å². The molecule has 0 saturated carbocycles. The van der Waals surface area contributed by atoms with E-state index < -0.39 is 0 Å². The van der Waals surface area contributed by atoms with E-state index in [4.69, 9.17) is 0 Å². The SMILES string of the molecule is CC(=O)c1cnc2n1CCN(C(=O)/C=C/CN1CCCC(C)C(C)CC1C)C2. The van der Waals surface area contributed by atoms with Crippen LogP contribution in [0.2, 0.25) is 0 Å². The summed E-state index contributed by atoms with van der Waals surface area (Å²) in [4.78, 5) is 32.9. The molecule has 1 fully saturated rings. The standard InChI is InChI=1S/C22H34N4O2/c1-16-7-5-9-24(18(3)13-17(16)2)10-6-8-22(28)25-11-12-26-20(19(4)27)14-23-21(26)15-25/h6,8,14,16-18H,5,7,9-13,15H2,1-4H3/b8-6+. The fourth-order valence-electron chi connectivity index (χ4n) is 4.44. The second kappa shape index (κ2) is 9.03. The molecular weight excluding hydrogens is 352 g/mol. The lowest BCUT2D eigenvalue weighted by atomic mass is 9.85. The molecule has 0 aromatic carbocycles. The van der Waals surface area contributed by atoms with Gasteiger partial charge in [-0.15, -0.1) is 0 Å². The molecule has 3 rings (SSSR count). The first-order chi connectivity index (χ1) is 13.4. The lowest BCUT2D eigenvalue weighted by Crippen LogP contribution is -2.39. The summed E-state index contributed by atoms with van der Waals surface area (Å²) in [6.07, 6.45) is 9.07. The Bertz CT molecular complexity index is 739. The van der Waals surface area contributed by atoms with Crippen molar-refractivity contribution in [1.82, 2.24) is 19.4 Å². The maximum atomic E-state index is 12.6. The lowest BCUT2D eigenvalue weighted by Gasteiger charge is -2.35. The molecule has 1 amide bonds. The zero-order valence-electron chi connectivity index (χ0n) is 17.7. The van der Waals surface area contributed by atoms with Crippen molar-refractivity contribution in [2.24, 2.45) is 11.8 Å². The molecule has 0 bridgehead atoms. The average molecular weight is 387 g/mol. The molecule has 0 aliphatic carbocycles. The summed E-state index contributed by atoms with van der Waals surface area (Å²) >= 11 is 0. The van der Waals surface area contributed by atoms with Crippen molar-refractivity contribution in [3.05, 3.63) is 29.9 Å². The molecule has 0 spiro atoms. The highest BCUT2D eigenvalue weighted by Gasteiger charge is 2.24. The van der Waals surface area contributed by atoms with Gasteiger partial charge in [-0.25, -0.2) is 4.98 Å². The van der Waals surface area contributed by atoms with E-state index in [1.54, 1.807) is 19.2 Å². The van der Waals surface area contributed by atoms with Gasteiger partial charge in [0.05, 0.1) is 12.7 Å². The van der Waals surface area contributed by atoms with E-state index in [-0.39, 0.29) is 11.7 Å². The van der Waals surface area contributed by atoms with Crippen molar-refractivity contribution in [3.63, 3.8) is 0 Å². The van der Waals surface area contributed by atoms with Crippen molar-refractivity contribution in [2.45, 2.75) is 66.1 Å². The highest BCUT2D eigenvalue weighted by Crippen LogP contribution is 2.26. The van der Waals surface area contributed by atoms with Crippen LogP contribution in [0.4, 0.5) is 0 Å². The van der Waals surface area contributed by atoms with Crippen LogP contribution in [0.3, 0.4) is 0 Å². The Balaban J connectivity index is 1.54. The van der Waals surface area contributed by atoms with E-state index in [0.717, 1.165) is 30.7 Å². The Morgan fingerprint density at radius 1 is 1.18 bits per heavy atom. The maximum Gasteiger partial charge on any atom is 0.246 e. The molecule has 1 saturated heterocycles. The Morgan fingerprint density at radius 3 is 2.71 bits per heavy atom. The topological polar surface area (TPSA) is 58.4 Å². The van der Waals surface area contributed by atoms with Gasteiger partial charge in [-0.2, -0.15) is 0 Å². The van der Waals surface area contributed by atoms with Crippen LogP contribution in [0, 0.1) is 11.8 Å². The zero-order chi connectivity index (χ0) is 20.3. The molecule has 0 radical (unpaired) electrons. The largest absolute Gasteiger partial charge is 0.330 e. The van der Waals surface area contributed by atoms with Gasteiger partial charge in [0, 0.05) is 38.7 Å². The van der Waals surface area contributed by atoms with Crippen molar-refractivity contribution in [2.75, 3.05) is 19.6 Å². The van der Waals surface area contributed by atoms with Crippen LogP contribution in [0.5, 0.6) is 0 Å². The second-order valence-electron chi connectivity index (χ2n) is 8.61. The van der Waals surface area contributed by atoms with Gasteiger partial charge < -0.3 is 9.47 Å². The quantitative estimate of drug-likeness (QED) is 0.589. The number of aromatic nitrogens is 2. The summed E-state index contributed by atoms with van der Waals surface area (Å²) in [6.45, 7) is 12.2. The van der Waals surface area contributed by atoms with Crippen molar-refractivity contribution in [3.8, 4) is 0 Å². The molecule has 1 aromatic rings. The third kappa shape index (κ3) is 4.72. The summed E-state index contributed by atoms with van der Waals surface area (Å²) in [7, 11) is 0. The predicted molar refractivity (Wildman–Crippen MR) is 110 cm³/mol. The van der Waals surface area contributed by atoms with Crippen LogP contribution in [0.25, 0.3) is 0 Å². The number of hydrogen-bond donors (Lipinski definition) is 0. The van der Waals surface area contributed by atoms with Gasteiger partial charge in [0.1, 0.15) is 11.5 Å². The summed E-state index contributed by atoms with van der Waals surface area (Å²) in [5.41, 5.74) is 0.632. The van der Waals surface area contributed by atoms with E-state index in [0.29, 0.717) is 31.4 Å². The van der Waals surface area contributed by atoms with Crippen LogP contribution in [0.1, 0.15) is 63.3 Å². The minimum absolute atomic E-state index is 0.0181. The first-order valence-corrected chi connectivity index (χ1v) is 10.6. The minimum atomic E-state index is 0.0181. The smallest absolute Gasteiger partial charge is 0.246 e. The van der Waals surface area contributed by atoms with Crippen LogP contribution >= 0.6 is 0 Å². The maximum absolute atomic E-state index is 12.6. The Kier molecular flexibility index (Phi) is 6.70. The second-order valence-corrected chi connectivity index (χ2v) is 8.61. The molecule has 154 valence electrons. The minimum Gasteiger partial charge on any atom is -0.330 e. The predicted octanol–water partition coefficient (Wildman–Crippen LogP) is 3.13. The third-order valence-corrected chi connectivity index (χ3v) is 6.55. The van der Waals surface area contributed by atoms with Gasteiger partial charge in [0.25, 0.3) is 0 Å². The summed E-state index contributed by atoms with van der Waals surface area (Å²) in [5, 5.41) is 0. The number of likely N-dealkylation sites (tertiary alicyclic amines) is 1. The number of ketones is 1. The Morgan fingerprint density at radius 2 is 1.96 bits per heavy atom. The van der Waals surface area contributed by atoms with E-state index in [9.17, 15) is 9.59 Å². The van der Waals surface area contributed by atoms with Crippen LogP contribution in [-0.2, 0) is 17.9 Å². The molecule has 6 nitrogen and oxygen atoms in total. The highest BCUT2D eigenvalue weighted by atomic mass is 16.2. The molecule has 3 unspecified atom stereocenters. The lowest BCUT2D eigenvalue weighted by molar-refractivity contribution is -0.127. The summed E-state index contributed by atoms with van der Waals surface area (Å²) in [5.74, 6) is 2.39. The molecule has 0 N–H and O–H groups in total. The monoisotopic (exact) mass is 386 g/mol. The molecule has 1 aromatic heterocycles. The third-order valence-electron chi connectivity index (χ3n) is 6.55. The first kappa shape index (κ1) is 20.8. The van der Waals surface area contributed by atoms with Gasteiger partial charge >= 0.3 is 0 Å². The Hall–Kier alpha value is -1.95. The summed E-state index contributed by atoms with van der Waals surface area (Å²) in [6, 6.07) is 0.546. The van der Waals surface area contributed by atoms with Gasteiger partial charge in [-0.3, -0.25) is 14.5 Å². The van der Waals surface area contributed by atoms with Gasteiger partial charge in [0.15, 0.2) is 5.78 Å². The van der Waals surface area contributed by atoms with E-state index in [1.165, 1.54) is 19.3 Å². The number of hydrogen-bond acceptors (Lipinski definition) is 4. The number of carbonyl (C=O) groups is 2. The number of amides is 1. The number of rotatable bonds is 4. The molecule has 28 heavy (non-hydrogen) atoms. The van der Waals surface area contributed by atoms with E-state index >= 15 is 0 Å². The highest BCUT2D eigenvalue weighted by molar-refractivity contribution is 5.92. The number of fused-ring (bicyclic) bond motifs is 1. The molecular formula is C22H34N4O2. The Labute approximate surface area is 168 Å². The number of Topliss-reactive ketones (excluding diaryl/α,β-unsaturated/α-hetero) is 1. The normalized spacial score (nSPS) is 26.7. The van der Waals surface area contributed by atoms with Crippen molar-refractivity contribution >= 4 is 11.7 Å². The van der Waals surface area contributed by atoms with Crippen LogP contribution < -0.4 is 0 Å². The van der Waals surface area contributed by atoms with Crippen molar-refractivity contribution in [1.29, 1.82) is 0 Å².